The fraction of sp³-hybridized carbons (Fsp3) is 0.462. The second-order valence-corrected chi connectivity index (χ2v) is 3.99. The molecule has 2 heteroatoms. The molecule has 0 amide bonds. The fourth-order valence-electron chi connectivity index (χ4n) is 1.67. The van der Waals surface area contributed by atoms with Gasteiger partial charge in [0.15, 0.2) is 5.78 Å². The maximum atomic E-state index is 11.8. The molecule has 0 spiro atoms. The van der Waals surface area contributed by atoms with Gasteiger partial charge in [0, 0.05) is 14.1 Å². The van der Waals surface area contributed by atoms with E-state index < -0.39 is 0 Å². The van der Waals surface area contributed by atoms with Gasteiger partial charge in [0.2, 0.25) is 0 Å². The van der Waals surface area contributed by atoms with Gasteiger partial charge in [-0.2, -0.15) is 0 Å². The van der Waals surface area contributed by atoms with E-state index in [1.807, 2.05) is 50.3 Å². The third-order valence-corrected chi connectivity index (χ3v) is 2.51. The predicted molar refractivity (Wildman–Crippen MR) is 63.5 cm³/mol. The Balaban J connectivity index is 2.73. The van der Waals surface area contributed by atoms with Gasteiger partial charge in [0.25, 0.3) is 0 Å². The van der Waals surface area contributed by atoms with Crippen LogP contribution in [-0.4, -0.2) is 24.8 Å². The van der Waals surface area contributed by atoms with Gasteiger partial charge in [0.05, 0.1) is 0 Å². The monoisotopic (exact) mass is 205 g/mol. The van der Waals surface area contributed by atoms with Crippen LogP contribution in [0.25, 0.3) is 0 Å². The number of carbonyl (C=O) groups is 1. The number of carbonyl (C=O) groups excluding carboxylic acids is 1. The highest BCUT2D eigenvalue weighted by atomic mass is 16.1. The Kier molecular flexibility index (Phi) is 4.35. The average Bonchev–Trinajstić information content (AvgIpc) is 2.20. The van der Waals surface area contributed by atoms with Gasteiger partial charge in [-0.1, -0.05) is 12.2 Å². The summed E-state index contributed by atoms with van der Waals surface area (Å²) in [4.78, 5) is 13.8. The maximum absolute atomic E-state index is 11.8. The zero-order valence-corrected chi connectivity index (χ0v) is 9.79. The van der Waals surface area contributed by atoms with E-state index in [1.54, 1.807) is 0 Å². The summed E-state index contributed by atoms with van der Waals surface area (Å²) in [6.07, 6.45) is 10.7. The molecule has 82 valence electrons. The van der Waals surface area contributed by atoms with Gasteiger partial charge in [-0.05, 0) is 49.6 Å². The van der Waals surface area contributed by atoms with Gasteiger partial charge in [0.1, 0.15) is 0 Å². The number of ketones is 1. The van der Waals surface area contributed by atoms with Crippen LogP contribution in [0.1, 0.15) is 26.2 Å². The first-order chi connectivity index (χ1) is 7.15. The normalized spacial score (nSPS) is 23.0. The van der Waals surface area contributed by atoms with Crippen LogP contribution in [-0.2, 0) is 4.79 Å². The lowest BCUT2D eigenvalue weighted by atomic mass is 9.88. The molecule has 0 aromatic carbocycles. The minimum absolute atomic E-state index is 0.229. The predicted octanol–water partition coefficient (Wildman–Crippen LogP) is 2.69. The summed E-state index contributed by atoms with van der Waals surface area (Å²) >= 11 is 0. The van der Waals surface area contributed by atoms with E-state index in [4.69, 9.17) is 0 Å². The summed E-state index contributed by atoms with van der Waals surface area (Å²) in [7, 11) is 3.93. The Bertz CT molecular complexity index is 321. The maximum Gasteiger partial charge on any atom is 0.184 e. The van der Waals surface area contributed by atoms with E-state index in [-0.39, 0.29) is 5.78 Å². The van der Waals surface area contributed by atoms with Crippen molar-refractivity contribution in [3.05, 3.63) is 35.6 Å². The molecule has 1 saturated carbocycles. The molecule has 1 rings (SSSR count). The van der Waals surface area contributed by atoms with Crippen molar-refractivity contribution >= 4 is 5.78 Å². The lowest BCUT2D eigenvalue weighted by Crippen LogP contribution is -2.12. The van der Waals surface area contributed by atoms with E-state index in [2.05, 4.69) is 0 Å². The Hall–Kier alpha value is -1.31. The molecule has 0 N–H and O–H groups in total. The number of rotatable bonds is 2. The van der Waals surface area contributed by atoms with Gasteiger partial charge in [-0.15, -0.1) is 0 Å². The summed E-state index contributed by atoms with van der Waals surface area (Å²) < 4.78 is 0. The first-order valence-corrected chi connectivity index (χ1v) is 5.39. The molecule has 1 fully saturated rings. The SMILES string of the molecule is C/C=C1/CCC/C(=C/C=C/N(C)C)C1=O. The van der Waals surface area contributed by atoms with Crippen molar-refractivity contribution in [2.45, 2.75) is 26.2 Å². The van der Waals surface area contributed by atoms with Gasteiger partial charge in [-0.25, -0.2) is 0 Å². The third-order valence-electron chi connectivity index (χ3n) is 2.51. The molecule has 0 bridgehead atoms. The molecular formula is C13H19NO. The lowest BCUT2D eigenvalue weighted by Gasteiger charge is -2.15. The van der Waals surface area contributed by atoms with E-state index >= 15 is 0 Å². The third kappa shape index (κ3) is 3.39. The summed E-state index contributed by atoms with van der Waals surface area (Å²) in [5, 5.41) is 0. The highest BCUT2D eigenvalue weighted by Crippen LogP contribution is 2.24. The Morgan fingerprint density at radius 3 is 2.47 bits per heavy atom. The van der Waals surface area contributed by atoms with Crippen molar-refractivity contribution in [1.82, 2.24) is 4.90 Å². The zero-order chi connectivity index (χ0) is 11.3. The second kappa shape index (κ2) is 5.54. The average molecular weight is 205 g/mol. The number of allylic oxidation sites excluding steroid dienone is 5. The summed E-state index contributed by atoms with van der Waals surface area (Å²) in [6.45, 7) is 1.94. The molecule has 0 atom stereocenters. The summed E-state index contributed by atoms with van der Waals surface area (Å²) in [5.41, 5.74) is 1.90. The van der Waals surface area contributed by atoms with Gasteiger partial charge < -0.3 is 4.90 Å². The minimum Gasteiger partial charge on any atom is -0.383 e. The van der Waals surface area contributed by atoms with Crippen molar-refractivity contribution in [3.63, 3.8) is 0 Å². The summed E-state index contributed by atoms with van der Waals surface area (Å²) in [5.74, 6) is 0.229. The van der Waals surface area contributed by atoms with E-state index in [0.29, 0.717) is 0 Å². The largest absolute Gasteiger partial charge is 0.383 e. The standard InChI is InChI=1S/C13H19NO/c1-4-11-7-5-8-12(13(11)15)9-6-10-14(2)3/h4,6,9-10H,5,7-8H2,1-3H3/b10-6+,11-4-,12-9-. The number of nitrogens with zero attached hydrogens (tertiary/aromatic N) is 1. The van der Waals surface area contributed by atoms with Crippen molar-refractivity contribution < 1.29 is 4.79 Å². The van der Waals surface area contributed by atoms with Gasteiger partial charge in [-0.3, -0.25) is 4.79 Å². The van der Waals surface area contributed by atoms with E-state index in [9.17, 15) is 4.79 Å². The van der Waals surface area contributed by atoms with Crippen molar-refractivity contribution in [2.75, 3.05) is 14.1 Å². The first kappa shape index (κ1) is 11.8. The molecule has 2 nitrogen and oxygen atoms in total. The summed E-state index contributed by atoms with van der Waals surface area (Å²) in [6, 6.07) is 0. The van der Waals surface area contributed by atoms with Crippen molar-refractivity contribution in [1.29, 1.82) is 0 Å². The van der Waals surface area contributed by atoms with Crippen LogP contribution in [0.4, 0.5) is 0 Å². The molecule has 0 aromatic heterocycles. The van der Waals surface area contributed by atoms with Gasteiger partial charge >= 0.3 is 0 Å². The zero-order valence-electron chi connectivity index (χ0n) is 9.79. The van der Waals surface area contributed by atoms with Crippen LogP contribution in [0.3, 0.4) is 0 Å². The number of hydrogen-bond acceptors (Lipinski definition) is 2. The van der Waals surface area contributed by atoms with Crippen LogP contribution < -0.4 is 0 Å². The second-order valence-electron chi connectivity index (χ2n) is 3.99. The van der Waals surface area contributed by atoms with E-state index in [0.717, 1.165) is 30.4 Å². The number of hydrogen-bond donors (Lipinski definition) is 0. The highest BCUT2D eigenvalue weighted by Gasteiger charge is 2.18. The molecule has 1 aliphatic carbocycles. The number of Topliss-reactive ketones (excluding diaryl/α,β-unsaturated/α-hetero) is 1. The van der Waals surface area contributed by atoms with Crippen LogP contribution in [0.15, 0.2) is 35.6 Å². The molecule has 0 aliphatic heterocycles. The smallest absolute Gasteiger partial charge is 0.184 e. The van der Waals surface area contributed by atoms with Crippen molar-refractivity contribution in [2.24, 2.45) is 0 Å². The first-order valence-electron chi connectivity index (χ1n) is 5.39. The quantitative estimate of drug-likeness (QED) is 0.646. The van der Waals surface area contributed by atoms with Crippen LogP contribution in [0.5, 0.6) is 0 Å². The lowest BCUT2D eigenvalue weighted by molar-refractivity contribution is -0.113. The van der Waals surface area contributed by atoms with E-state index in [1.165, 1.54) is 0 Å². The topological polar surface area (TPSA) is 20.3 Å². The molecular weight excluding hydrogens is 186 g/mol. The van der Waals surface area contributed by atoms with Crippen LogP contribution >= 0.6 is 0 Å². The molecule has 0 saturated heterocycles. The molecule has 0 heterocycles. The fourth-order valence-corrected chi connectivity index (χ4v) is 1.67. The molecule has 15 heavy (non-hydrogen) atoms. The van der Waals surface area contributed by atoms with Crippen molar-refractivity contribution in [3.8, 4) is 0 Å². The minimum atomic E-state index is 0.229. The molecule has 0 aromatic rings. The highest BCUT2D eigenvalue weighted by molar-refractivity contribution is 6.09. The van der Waals surface area contributed by atoms with Crippen LogP contribution in [0.2, 0.25) is 0 Å². The Morgan fingerprint density at radius 2 is 1.87 bits per heavy atom. The molecule has 0 radical (unpaired) electrons. The van der Waals surface area contributed by atoms with Crippen LogP contribution in [0, 0.1) is 0 Å². The Morgan fingerprint density at radius 1 is 1.20 bits per heavy atom. The Labute approximate surface area is 92.0 Å². The molecule has 1 aliphatic rings. The molecule has 0 unspecified atom stereocenters.